The van der Waals surface area contributed by atoms with E-state index in [4.69, 9.17) is 4.74 Å². The lowest BCUT2D eigenvalue weighted by molar-refractivity contribution is 0.0665. The number of rotatable bonds is 6. The van der Waals surface area contributed by atoms with Crippen molar-refractivity contribution in [2.24, 2.45) is 11.8 Å². The first-order valence-corrected chi connectivity index (χ1v) is 10.7. The molecule has 0 bridgehead atoms. The standard InChI is InChI=1S/C23H29NO3S/c1-15(2)17-13-20(24-23(26)16-8-7-9-18(12-16)27-3)22(21(25)14-17)28-19-10-5-4-6-11-19/h4-12,15,17,20-22,25H,13-14H2,1-3H3,(H,24,26)/t17-,20-,21-,22+/m1/s1. The van der Waals surface area contributed by atoms with Gasteiger partial charge in [0.2, 0.25) is 0 Å². The average Bonchev–Trinajstić information content (AvgIpc) is 2.71. The molecule has 3 rings (SSSR count). The molecule has 2 aromatic rings. The quantitative estimate of drug-likeness (QED) is 0.757. The fourth-order valence-corrected chi connectivity index (χ4v) is 5.03. The van der Waals surface area contributed by atoms with Crippen molar-refractivity contribution in [1.29, 1.82) is 0 Å². The Morgan fingerprint density at radius 3 is 2.57 bits per heavy atom. The van der Waals surface area contributed by atoms with E-state index in [0.717, 1.165) is 17.7 Å². The summed E-state index contributed by atoms with van der Waals surface area (Å²) in [5, 5.41) is 14.0. The van der Waals surface area contributed by atoms with Crippen LogP contribution in [-0.2, 0) is 0 Å². The van der Waals surface area contributed by atoms with Gasteiger partial charge in [-0.25, -0.2) is 0 Å². The topological polar surface area (TPSA) is 58.6 Å². The molecule has 0 heterocycles. The molecule has 150 valence electrons. The van der Waals surface area contributed by atoms with Crippen molar-refractivity contribution in [3.05, 3.63) is 60.2 Å². The zero-order chi connectivity index (χ0) is 20.1. The molecule has 1 amide bonds. The van der Waals surface area contributed by atoms with Crippen LogP contribution in [0.1, 0.15) is 37.0 Å². The van der Waals surface area contributed by atoms with E-state index in [0.29, 0.717) is 23.1 Å². The molecule has 4 nitrogen and oxygen atoms in total. The van der Waals surface area contributed by atoms with Gasteiger partial charge in [-0.1, -0.05) is 38.1 Å². The summed E-state index contributed by atoms with van der Waals surface area (Å²) in [5.41, 5.74) is 0.573. The third-order valence-electron chi connectivity index (χ3n) is 5.48. The van der Waals surface area contributed by atoms with Crippen molar-refractivity contribution < 1.29 is 14.6 Å². The molecule has 1 aliphatic rings. The molecule has 2 N–H and O–H groups in total. The van der Waals surface area contributed by atoms with Gasteiger partial charge in [-0.3, -0.25) is 4.79 Å². The van der Waals surface area contributed by atoms with Crippen LogP contribution in [0.2, 0.25) is 0 Å². The highest BCUT2D eigenvalue weighted by atomic mass is 32.2. The number of aliphatic hydroxyl groups is 1. The van der Waals surface area contributed by atoms with E-state index < -0.39 is 6.10 Å². The number of amides is 1. The monoisotopic (exact) mass is 399 g/mol. The zero-order valence-electron chi connectivity index (χ0n) is 16.7. The van der Waals surface area contributed by atoms with Gasteiger partial charge in [0.05, 0.1) is 18.5 Å². The number of thioether (sulfide) groups is 1. The second kappa shape index (κ2) is 9.48. The molecular weight excluding hydrogens is 370 g/mol. The molecule has 5 heteroatoms. The van der Waals surface area contributed by atoms with Gasteiger partial charge in [0.1, 0.15) is 5.75 Å². The summed E-state index contributed by atoms with van der Waals surface area (Å²) in [7, 11) is 1.59. The molecular formula is C23H29NO3S. The lowest BCUT2D eigenvalue weighted by Gasteiger charge is -2.41. The summed E-state index contributed by atoms with van der Waals surface area (Å²) in [6, 6.07) is 17.2. The highest BCUT2D eigenvalue weighted by molar-refractivity contribution is 8.00. The number of benzene rings is 2. The molecule has 28 heavy (non-hydrogen) atoms. The van der Waals surface area contributed by atoms with E-state index in [1.807, 2.05) is 42.5 Å². The first kappa shape index (κ1) is 20.7. The molecule has 0 aliphatic heterocycles. The van der Waals surface area contributed by atoms with Crippen LogP contribution in [0.3, 0.4) is 0 Å². The van der Waals surface area contributed by atoms with Crippen LogP contribution in [0.15, 0.2) is 59.5 Å². The lowest BCUT2D eigenvalue weighted by atomic mass is 9.77. The zero-order valence-corrected chi connectivity index (χ0v) is 17.5. The van der Waals surface area contributed by atoms with E-state index in [9.17, 15) is 9.90 Å². The summed E-state index contributed by atoms with van der Waals surface area (Å²) < 4.78 is 5.24. The number of aliphatic hydroxyl groups excluding tert-OH is 1. The van der Waals surface area contributed by atoms with Gasteiger partial charge in [-0.05, 0) is 55.0 Å². The number of ether oxygens (including phenoxy) is 1. The number of carbonyl (C=O) groups excluding carboxylic acids is 1. The molecule has 1 aliphatic carbocycles. The normalized spacial score (nSPS) is 24.8. The Hall–Kier alpha value is -1.98. The fourth-order valence-electron chi connectivity index (χ4n) is 3.79. The number of hydrogen-bond acceptors (Lipinski definition) is 4. The lowest BCUT2D eigenvalue weighted by Crippen LogP contribution is -2.52. The van der Waals surface area contributed by atoms with Crippen molar-refractivity contribution in [2.45, 2.75) is 49.0 Å². The Morgan fingerprint density at radius 2 is 1.89 bits per heavy atom. The molecule has 1 saturated carbocycles. The van der Waals surface area contributed by atoms with Gasteiger partial charge >= 0.3 is 0 Å². The minimum Gasteiger partial charge on any atom is -0.497 e. The average molecular weight is 400 g/mol. The SMILES string of the molecule is COc1cccc(C(=O)N[C@@H]2C[C@@H](C(C)C)C[C@@H](O)[C@H]2Sc2ccccc2)c1. The molecule has 0 spiro atoms. The molecule has 0 saturated heterocycles. The van der Waals surface area contributed by atoms with Crippen molar-refractivity contribution in [3.8, 4) is 5.75 Å². The Balaban J connectivity index is 1.80. The highest BCUT2D eigenvalue weighted by Crippen LogP contribution is 2.39. The molecule has 0 aromatic heterocycles. The molecule has 2 aromatic carbocycles. The van der Waals surface area contributed by atoms with Gasteiger partial charge < -0.3 is 15.2 Å². The predicted molar refractivity (Wildman–Crippen MR) is 114 cm³/mol. The summed E-state index contributed by atoms with van der Waals surface area (Å²) in [4.78, 5) is 14.0. The molecule has 1 fully saturated rings. The highest BCUT2D eigenvalue weighted by Gasteiger charge is 2.39. The number of nitrogens with one attached hydrogen (secondary N) is 1. The summed E-state index contributed by atoms with van der Waals surface area (Å²) in [5.74, 6) is 1.39. The van der Waals surface area contributed by atoms with Crippen molar-refractivity contribution in [2.75, 3.05) is 7.11 Å². The van der Waals surface area contributed by atoms with E-state index in [2.05, 4.69) is 19.2 Å². The van der Waals surface area contributed by atoms with E-state index in [-0.39, 0.29) is 17.2 Å². The smallest absolute Gasteiger partial charge is 0.251 e. The van der Waals surface area contributed by atoms with E-state index in [1.165, 1.54) is 0 Å². The minimum absolute atomic E-state index is 0.0769. The Bertz CT molecular complexity index is 780. The maximum atomic E-state index is 12.9. The summed E-state index contributed by atoms with van der Waals surface area (Å²) in [6.07, 6.45) is 1.18. The van der Waals surface area contributed by atoms with Crippen LogP contribution >= 0.6 is 11.8 Å². The third-order valence-corrected chi connectivity index (χ3v) is 6.94. The van der Waals surface area contributed by atoms with E-state index >= 15 is 0 Å². The molecule has 0 unspecified atom stereocenters. The Labute approximate surface area is 171 Å². The van der Waals surface area contributed by atoms with Gasteiger partial charge in [-0.15, -0.1) is 11.8 Å². The second-order valence-corrected chi connectivity index (χ2v) is 9.00. The van der Waals surface area contributed by atoms with Gasteiger partial charge in [0.25, 0.3) is 5.91 Å². The first-order valence-electron chi connectivity index (χ1n) is 9.82. The van der Waals surface area contributed by atoms with Crippen molar-refractivity contribution in [3.63, 3.8) is 0 Å². The molecule has 0 radical (unpaired) electrons. The molecule has 4 atom stereocenters. The Kier molecular flexibility index (Phi) is 7.03. The maximum absolute atomic E-state index is 12.9. The number of hydrogen-bond donors (Lipinski definition) is 2. The largest absolute Gasteiger partial charge is 0.497 e. The van der Waals surface area contributed by atoms with Crippen LogP contribution in [0.5, 0.6) is 5.75 Å². The Morgan fingerprint density at radius 1 is 1.14 bits per heavy atom. The van der Waals surface area contributed by atoms with Gasteiger partial charge in [0, 0.05) is 16.5 Å². The second-order valence-electron chi connectivity index (χ2n) is 7.75. The third kappa shape index (κ3) is 5.09. The first-order chi connectivity index (χ1) is 13.5. The van der Waals surface area contributed by atoms with Crippen molar-refractivity contribution in [1.82, 2.24) is 5.32 Å². The number of methoxy groups -OCH3 is 1. The van der Waals surface area contributed by atoms with Gasteiger partial charge in [-0.2, -0.15) is 0 Å². The summed E-state index contributed by atoms with van der Waals surface area (Å²) >= 11 is 1.65. The van der Waals surface area contributed by atoms with Crippen LogP contribution in [0.25, 0.3) is 0 Å². The number of carbonyl (C=O) groups is 1. The van der Waals surface area contributed by atoms with Crippen LogP contribution in [0, 0.1) is 11.8 Å². The fraction of sp³-hybridized carbons (Fsp3) is 0.435. The summed E-state index contributed by atoms with van der Waals surface area (Å²) in [6.45, 7) is 4.37. The predicted octanol–water partition coefficient (Wildman–Crippen LogP) is 4.38. The maximum Gasteiger partial charge on any atom is 0.251 e. The van der Waals surface area contributed by atoms with E-state index in [1.54, 1.807) is 31.0 Å². The van der Waals surface area contributed by atoms with Gasteiger partial charge in [0.15, 0.2) is 0 Å². The minimum atomic E-state index is -0.457. The van der Waals surface area contributed by atoms with Crippen LogP contribution in [-0.4, -0.2) is 35.5 Å². The van der Waals surface area contributed by atoms with Crippen LogP contribution < -0.4 is 10.1 Å². The van der Waals surface area contributed by atoms with Crippen LogP contribution in [0.4, 0.5) is 0 Å². The van der Waals surface area contributed by atoms with Crippen molar-refractivity contribution >= 4 is 17.7 Å².